The average molecular weight is 333 g/mol. The molecule has 0 radical (unpaired) electrons. The molecule has 1 aliphatic rings. The lowest BCUT2D eigenvalue weighted by Gasteiger charge is -2.34. The van der Waals surface area contributed by atoms with E-state index in [2.05, 4.69) is 25.3 Å². The Balaban J connectivity index is 1.46. The maximum Gasteiger partial charge on any atom is 0.266 e. The summed E-state index contributed by atoms with van der Waals surface area (Å²) in [5.41, 5.74) is 2.04. The lowest BCUT2D eigenvalue weighted by molar-refractivity contribution is 0.122. The molecule has 3 rings (SSSR count). The van der Waals surface area contributed by atoms with Crippen LogP contribution in [0, 0.1) is 13.8 Å². The molecule has 23 heavy (non-hydrogen) atoms. The minimum Gasteiger partial charge on any atom is -0.299 e. The molecule has 1 fully saturated rings. The van der Waals surface area contributed by atoms with Crippen molar-refractivity contribution in [3.05, 3.63) is 44.3 Å². The van der Waals surface area contributed by atoms with Gasteiger partial charge < -0.3 is 0 Å². The van der Waals surface area contributed by atoms with Crippen molar-refractivity contribution in [3.63, 3.8) is 0 Å². The number of aromatic nitrogens is 3. The van der Waals surface area contributed by atoms with E-state index < -0.39 is 0 Å². The molecule has 7 heteroatoms. The quantitative estimate of drug-likeness (QED) is 0.821. The molecule has 0 unspecified atom stereocenters. The van der Waals surface area contributed by atoms with Gasteiger partial charge >= 0.3 is 0 Å². The first-order valence-corrected chi connectivity index (χ1v) is 8.88. The molecule has 3 heterocycles. The molecule has 0 aromatic carbocycles. The van der Waals surface area contributed by atoms with E-state index in [1.807, 2.05) is 13.8 Å². The van der Waals surface area contributed by atoms with Gasteiger partial charge in [0.25, 0.3) is 5.56 Å². The predicted octanol–water partition coefficient (Wildman–Crippen LogP) is 1.13. The van der Waals surface area contributed by atoms with Crippen molar-refractivity contribution < 1.29 is 0 Å². The zero-order valence-electron chi connectivity index (χ0n) is 13.7. The Bertz CT molecular complexity index is 702. The van der Waals surface area contributed by atoms with Gasteiger partial charge in [0.05, 0.1) is 22.9 Å². The van der Waals surface area contributed by atoms with Crippen LogP contribution in [0.3, 0.4) is 0 Å². The van der Waals surface area contributed by atoms with Crippen LogP contribution in [0.15, 0.2) is 22.3 Å². The van der Waals surface area contributed by atoms with Crippen LogP contribution in [-0.4, -0.2) is 57.3 Å². The van der Waals surface area contributed by atoms with Crippen LogP contribution in [0.25, 0.3) is 0 Å². The van der Waals surface area contributed by atoms with Crippen molar-refractivity contribution in [3.8, 4) is 0 Å². The Labute approximate surface area is 140 Å². The molecule has 124 valence electrons. The maximum absolute atomic E-state index is 11.8. The highest BCUT2D eigenvalue weighted by atomic mass is 32.1. The lowest BCUT2D eigenvalue weighted by Crippen LogP contribution is -2.47. The van der Waals surface area contributed by atoms with Crippen LogP contribution in [0.1, 0.15) is 16.4 Å². The van der Waals surface area contributed by atoms with Crippen molar-refractivity contribution in [1.82, 2.24) is 24.6 Å². The summed E-state index contributed by atoms with van der Waals surface area (Å²) in [6, 6.07) is 3.36. The number of hydrogen-bond donors (Lipinski definition) is 0. The Morgan fingerprint density at radius 2 is 1.83 bits per heavy atom. The first-order valence-electron chi connectivity index (χ1n) is 8.00. The first-order chi connectivity index (χ1) is 11.1. The van der Waals surface area contributed by atoms with E-state index in [0.29, 0.717) is 6.54 Å². The molecule has 0 N–H and O–H groups in total. The minimum absolute atomic E-state index is 0.0202. The number of nitrogens with zero attached hydrogens (tertiary/aromatic N) is 5. The van der Waals surface area contributed by atoms with Gasteiger partial charge in [0.2, 0.25) is 0 Å². The molecule has 1 aliphatic heterocycles. The second kappa shape index (κ2) is 7.33. The predicted molar refractivity (Wildman–Crippen MR) is 91.8 cm³/mol. The van der Waals surface area contributed by atoms with E-state index in [0.717, 1.165) is 50.0 Å². The summed E-state index contributed by atoms with van der Waals surface area (Å²) in [6.07, 6.45) is 0. The van der Waals surface area contributed by atoms with Gasteiger partial charge in [-0.15, -0.1) is 11.3 Å². The second-order valence-electron chi connectivity index (χ2n) is 6.01. The fourth-order valence-corrected chi connectivity index (χ4v) is 3.43. The molecule has 1 saturated heterocycles. The fraction of sp³-hybridized carbons (Fsp3) is 0.562. The summed E-state index contributed by atoms with van der Waals surface area (Å²) in [5, 5.41) is 7.57. The second-order valence-corrected chi connectivity index (χ2v) is 7.07. The van der Waals surface area contributed by atoms with Gasteiger partial charge in [0.15, 0.2) is 0 Å². The van der Waals surface area contributed by atoms with Crippen LogP contribution in [0.5, 0.6) is 0 Å². The largest absolute Gasteiger partial charge is 0.299 e. The van der Waals surface area contributed by atoms with Gasteiger partial charge in [-0.25, -0.2) is 9.67 Å². The minimum atomic E-state index is -0.0202. The third-order valence-corrected chi connectivity index (χ3v) is 4.97. The molecular formula is C16H23N5OS. The smallest absolute Gasteiger partial charge is 0.266 e. The molecule has 6 nitrogen and oxygen atoms in total. The van der Waals surface area contributed by atoms with Crippen LogP contribution in [-0.2, 0) is 13.1 Å². The molecule has 0 atom stereocenters. The Hall–Kier alpha value is -1.57. The highest BCUT2D eigenvalue weighted by molar-refractivity contribution is 7.09. The van der Waals surface area contributed by atoms with Crippen molar-refractivity contribution in [2.24, 2.45) is 0 Å². The molecular weight excluding hydrogens is 310 g/mol. The monoisotopic (exact) mass is 333 g/mol. The number of rotatable bonds is 5. The topological polar surface area (TPSA) is 54.3 Å². The van der Waals surface area contributed by atoms with Crippen molar-refractivity contribution in [2.45, 2.75) is 26.9 Å². The summed E-state index contributed by atoms with van der Waals surface area (Å²) < 4.78 is 1.57. The van der Waals surface area contributed by atoms with E-state index in [-0.39, 0.29) is 5.56 Å². The van der Waals surface area contributed by atoms with Crippen LogP contribution in [0.2, 0.25) is 0 Å². The maximum atomic E-state index is 11.8. The Morgan fingerprint density at radius 3 is 2.52 bits per heavy atom. The molecule has 0 saturated carbocycles. The number of thiazole rings is 1. The summed E-state index contributed by atoms with van der Waals surface area (Å²) in [7, 11) is 0. The highest BCUT2D eigenvalue weighted by Crippen LogP contribution is 2.12. The van der Waals surface area contributed by atoms with E-state index in [9.17, 15) is 4.79 Å². The summed E-state index contributed by atoms with van der Waals surface area (Å²) >= 11 is 1.71. The van der Waals surface area contributed by atoms with Gasteiger partial charge in [-0.1, -0.05) is 0 Å². The summed E-state index contributed by atoms with van der Waals surface area (Å²) in [5.74, 6) is 0. The molecule has 0 spiro atoms. The van der Waals surface area contributed by atoms with Gasteiger partial charge in [0.1, 0.15) is 0 Å². The van der Waals surface area contributed by atoms with E-state index >= 15 is 0 Å². The molecule has 2 aromatic rings. The third-order valence-electron chi connectivity index (χ3n) is 4.15. The van der Waals surface area contributed by atoms with Crippen molar-refractivity contribution in [1.29, 1.82) is 0 Å². The Morgan fingerprint density at radius 1 is 1.09 bits per heavy atom. The zero-order chi connectivity index (χ0) is 16.2. The number of aryl methyl sites for hydroxylation is 2. The van der Waals surface area contributed by atoms with Crippen molar-refractivity contribution in [2.75, 3.05) is 32.7 Å². The fourth-order valence-electron chi connectivity index (χ4n) is 2.83. The average Bonchev–Trinajstić information content (AvgIpc) is 2.95. The van der Waals surface area contributed by atoms with Crippen LogP contribution >= 0.6 is 11.3 Å². The van der Waals surface area contributed by atoms with E-state index in [4.69, 9.17) is 0 Å². The lowest BCUT2D eigenvalue weighted by atomic mass is 10.3. The van der Waals surface area contributed by atoms with E-state index in [1.165, 1.54) is 5.69 Å². The first kappa shape index (κ1) is 16.3. The summed E-state index contributed by atoms with van der Waals surface area (Å²) in [4.78, 5) is 21.2. The molecule has 0 bridgehead atoms. The standard InChI is InChI=1S/C16H23N5OS/c1-13-3-4-16(22)21(18-13)10-9-19-5-7-20(8-6-19)11-15-12-23-14(2)17-15/h3-4,12H,5-11H2,1-2H3. The Kier molecular flexibility index (Phi) is 5.20. The number of hydrogen-bond acceptors (Lipinski definition) is 6. The van der Waals surface area contributed by atoms with Gasteiger partial charge in [-0.3, -0.25) is 14.6 Å². The van der Waals surface area contributed by atoms with Crippen molar-refractivity contribution >= 4 is 11.3 Å². The summed E-state index contributed by atoms with van der Waals surface area (Å²) in [6.45, 7) is 10.6. The number of piperazine rings is 1. The van der Waals surface area contributed by atoms with E-state index in [1.54, 1.807) is 28.2 Å². The molecule has 2 aromatic heterocycles. The molecule has 0 aliphatic carbocycles. The van der Waals surface area contributed by atoms with Crippen LogP contribution in [0.4, 0.5) is 0 Å². The normalized spacial score (nSPS) is 16.8. The van der Waals surface area contributed by atoms with Gasteiger partial charge in [-0.2, -0.15) is 5.10 Å². The van der Waals surface area contributed by atoms with Gasteiger partial charge in [-0.05, 0) is 19.9 Å². The molecule has 0 amide bonds. The highest BCUT2D eigenvalue weighted by Gasteiger charge is 2.17. The zero-order valence-corrected chi connectivity index (χ0v) is 14.6. The SMILES string of the molecule is Cc1ccc(=O)n(CCN2CCN(Cc3csc(C)n3)CC2)n1. The third kappa shape index (κ3) is 4.46. The van der Waals surface area contributed by atoms with Gasteiger partial charge in [0, 0.05) is 50.7 Å². The van der Waals surface area contributed by atoms with Crippen LogP contribution < -0.4 is 5.56 Å².